The van der Waals surface area contributed by atoms with Gasteiger partial charge in [0.25, 0.3) is 5.69 Å². The lowest BCUT2D eigenvalue weighted by Crippen LogP contribution is -2.30. The van der Waals surface area contributed by atoms with Gasteiger partial charge in [0.05, 0.1) is 4.92 Å². The number of unbranched alkanes of at least 4 members (excludes halogenated alkanes) is 1. The summed E-state index contributed by atoms with van der Waals surface area (Å²) in [6.07, 6.45) is 7.08. The molecule has 0 heterocycles. The second kappa shape index (κ2) is 28.7. The average Bonchev–Trinajstić information content (AvgIpc) is 3.28. The number of nitrogens with zero attached hydrogens (tertiary/aromatic N) is 2. The molecule has 2 N–H and O–H groups in total. The van der Waals surface area contributed by atoms with E-state index >= 15 is 0 Å². The van der Waals surface area contributed by atoms with Gasteiger partial charge in [0.2, 0.25) is 0 Å². The van der Waals surface area contributed by atoms with E-state index in [1.165, 1.54) is 87.2 Å². The molecule has 0 radical (unpaired) electrons. The van der Waals surface area contributed by atoms with E-state index in [4.69, 9.17) is 19.9 Å². The maximum atomic E-state index is 12.2. The highest BCUT2D eigenvalue weighted by molar-refractivity contribution is 5.71. The Morgan fingerprint density at radius 2 is 0.938 bits per heavy atom. The van der Waals surface area contributed by atoms with Gasteiger partial charge in [-0.15, -0.1) is 0 Å². The molecule has 5 rings (SSSR count). The lowest BCUT2D eigenvalue weighted by molar-refractivity contribution is -0.384. The molecule has 352 valence electrons. The number of non-ortho nitro benzene ring substituents is 1. The summed E-state index contributed by atoms with van der Waals surface area (Å²) in [4.78, 5) is 36.1. The maximum absolute atomic E-state index is 12.2. The van der Waals surface area contributed by atoms with Crippen LogP contribution in [0.1, 0.15) is 120 Å². The van der Waals surface area contributed by atoms with Crippen LogP contribution in [-0.2, 0) is 25.7 Å². The van der Waals surface area contributed by atoms with Crippen molar-refractivity contribution in [1.82, 2.24) is 4.90 Å². The van der Waals surface area contributed by atoms with Gasteiger partial charge in [-0.05, 0) is 191 Å². The van der Waals surface area contributed by atoms with Gasteiger partial charge in [0.15, 0.2) is 0 Å². The third-order valence-electron chi connectivity index (χ3n) is 11.2. The third kappa shape index (κ3) is 19.3. The molecule has 0 aliphatic rings. The van der Waals surface area contributed by atoms with Gasteiger partial charge in [-0.2, -0.15) is 0 Å². The smallest absolute Gasteiger partial charge is 0.410 e. The number of hydrogen-bond acceptors (Lipinski definition) is 8. The monoisotopic (exact) mass is 890 g/mol. The molecule has 0 bridgehead atoms. The number of carbonyl (C=O) groups is 2. The van der Waals surface area contributed by atoms with Crippen molar-refractivity contribution >= 4 is 17.9 Å². The minimum atomic E-state index is -0.890. The topological polar surface area (TPSA) is 134 Å². The minimum Gasteiger partial charge on any atom is -0.410 e. The van der Waals surface area contributed by atoms with Gasteiger partial charge in [-0.3, -0.25) is 10.1 Å². The molecular formula is C55H75N3O7. The normalized spacial score (nSPS) is 10.2. The molecule has 0 aliphatic carbocycles. The van der Waals surface area contributed by atoms with E-state index in [-0.39, 0.29) is 17.5 Å². The number of rotatable bonds is 14. The molecular weight excluding hydrogens is 815 g/mol. The number of ether oxygens (including phenoxy) is 3. The summed E-state index contributed by atoms with van der Waals surface area (Å²) in [6.45, 7) is 26.7. The zero-order chi connectivity index (χ0) is 48.6. The highest BCUT2D eigenvalue weighted by Crippen LogP contribution is 2.25. The Bertz CT molecular complexity index is 2230. The molecule has 5 aromatic carbocycles. The molecule has 0 saturated carbocycles. The van der Waals surface area contributed by atoms with E-state index < -0.39 is 11.1 Å². The molecule has 65 heavy (non-hydrogen) atoms. The van der Waals surface area contributed by atoms with E-state index in [0.717, 1.165) is 61.8 Å². The number of aryl methyl sites for hydroxylation is 10. The van der Waals surface area contributed by atoms with Crippen LogP contribution in [0.2, 0.25) is 0 Å². The molecule has 10 nitrogen and oxygen atoms in total. The Morgan fingerprint density at radius 1 is 0.538 bits per heavy atom. The standard InChI is InChI=1S/C25H25NO5.C23H31NO2.C4H10.C3H9N/c1-16-5-6-20(7-8-21-13-17(2)19(4)18(3)14-21)15-24(16)31-25(27)30-23-11-9-22(10-12-23)26(28)29;1-7-12-24(6)23(25)26-22-15-20(9-8-16(22)2)10-11-21-13-17(3)19(5)18(4)14-21;1-3-4-2;1-2-3-4/h5-6,9-15H,7-8H2,1-4H3;8-9,13-15H,7,10-12H2,1-6H3;3-4H2,1-2H3;2-4H2,1H3. The van der Waals surface area contributed by atoms with Crippen molar-refractivity contribution in [1.29, 1.82) is 0 Å². The summed E-state index contributed by atoms with van der Waals surface area (Å²) >= 11 is 0. The summed E-state index contributed by atoms with van der Waals surface area (Å²) in [7, 11) is 1.77. The molecule has 0 aromatic heterocycles. The third-order valence-corrected chi connectivity index (χ3v) is 11.2. The first kappa shape index (κ1) is 55.1. The lowest BCUT2D eigenvalue weighted by atomic mass is 9.96. The van der Waals surface area contributed by atoms with Crippen LogP contribution in [0.25, 0.3) is 0 Å². The predicted octanol–water partition coefficient (Wildman–Crippen LogP) is 13.9. The van der Waals surface area contributed by atoms with Crippen molar-refractivity contribution in [3.63, 3.8) is 0 Å². The fourth-order valence-corrected chi connectivity index (χ4v) is 6.38. The summed E-state index contributed by atoms with van der Waals surface area (Å²) in [5.74, 6) is 1.27. The number of amides is 1. The van der Waals surface area contributed by atoms with Crippen LogP contribution in [0.5, 0.6) is 17.2 Å². The first-order chi connectivity index (χ1) is 30.9. The molecule has 0 unspecified atom stereocenters. The summed E-state index contributed by atoms with van der Waals surface area (Å²) in [5, 5.41) is 10.7. The predicted molar refractivity (Wildman–Crippen MR) is 267 cm³/mol. The zero-order valence-electron chi connectivity index (χ0n) is 41.5. The first-order valence-corrected chi connectivity index (χ1v) is 23.0. The van der Waals surface area contributed by atoms with Crippen LogP contribution in [0, 0.1) is 65.5 Å². The molecule has 0 saturated heterocycles. The Kier molecular flexibility index (Phi) is 24.4. The van der Waals surface area contributed by atoms with E-state index in [9.17, 15) is 19.7 Å². The van der Waals surface area contributed by atoms with Crippen LogP contribution in [-0.4, -0.2) is 42.2 Å². The highest BCUT2D eigenvalue weighted by Gasteiger charge is 2.15. The summed E-state index contributed by atoms with van der Waals surface area (Å²) in [6, 6.07) is 26.2. The van der Waals surface area contributed by atoms with E-state index in [0.29, 0.717) is 18.0 Å². The second-order valence-corrected chi connectivity index (χ2v) is 16.7. The molecule has 0 spiro atoms. The SMILES string of the molecule is CCCC.CCCN.CCCN(C)C(=O)Oc1cc(CCc2cc(C)c(C)c(C)c2)ccc1C.Cc1ccc(CCc2cc(C)c(C)c(C)c2)cc1OC(=O)Oc1ccc([N+](=O)[O-])cc1. The van der Waals surface area contributed by atoms with Crippen molar-refractivity contribution in [3.8, 4) is 17.2 Å². The first-order valence-electron chi connectivity index (χ1n) is 23.0. The summed E-state index contributed by atoms with van der Waals surface area (Å²) in [5.41, 5.74) is 19.6. The molecule has 0 aliphatic heterocycles. The Balaban J connectivity index is 0.000000387. The maximum Gasteiger partial charge on any atom is 0.519 e. The zero-order valence-corrected chi connectivity index (χ0v) is 41.5. The fourth-order valence-electron chi connectivity index (χ4n) is 6.38. The summed E-state index contributed by atoms with van der Waals surface area (Å²) < 4.78 is 16.1. The Labute approximate surface area is 389 Å². The second-order valence-electron chi connectivity index (χ2n) is 16.7. The largest absolute Gasteiger partial charge is 0.519 e. The van der Waals surface area contributed by atoms with Gasteiger partial charge in [-0.25, -0.2) is 9.59 Å². The van der Waals surface area contributed by atoms with Gasteiger partial charge in [-0.1, -0.05) is 89.1 Å². The van der Waals surface area contributed by atoms with Crippen molar-refractivity contribution in [2.75, 3.05) is 20.1 Å². The number of nitro groups is 1. The number of carbonyl (C=O) groups excluding carboxylic acids is 2. The molecule has 5 aromatic rings. The highest BCUT2D eigenvalue weighted by atomic mass is 16.7. The van der Waals surface area contributed by atoms with Crippen LogP contribution in [0.15, 0.2) is 84.9 Å². The quantitative estimate of drug-likeness (QED) is 0.0504. The van der Waals surface area contributed by atoms with Crippen LogP contribution in [0.3, 0.4) is 0 Å². The minimum absolute atomic E-state index is 0.0803. The van der Waals surface area contributed by atoms with Crippen LogP contribution < -0.4 is 19.9 Å². The van der Waals surface area contributed by atoms with Gasteiger partial charge < -0.3 is 24.8 Å². The average molecular weight is 890 g/mol. The van der Waals surface area contributed by atoms with E-state index in [2.05, 4.69) is 92.6 Å². The van der Waals surface area contributed by atoms with Crippen molar-refractivity contribution in [2.45, 2.75) is 134 Å². The molecule has 1 amide bonds. The van der Waals surface area contributed by atoms with Gasteiger partial charge in [0, 0.05) is 25.7 Å². The van der Waals surface area contributed by atoms with Crippen molar-refractivity contribution < 1.29 is 28.7 Å². The van der Waals surface area contributed by atoms with E-state index in [1.54, 1.807) is 11.9 Å². The van der Waals surface area contributed by atoms with Crippen molar-refractivity contribution in [2.24, 2.45) is 5.73 Å². The van der Waals surface area contributed by atoms with Crippen molar-refractivity contribution in [3.05, 3.63) is 162 Å². The van der Waals surface area contributed by atoms with Gasteiger partial charge in [0.1, 0.15) is 17.2 Å². The molecule has 10 heteroatoms. The lowest BCUT2D eigenvalue weighted by Gasteiger charge is -2.17. The Morgan fingerprint density at radius 3 is 1.31 bits per heavy atom. The number of nitro benzene ring substituents is 1. The number of nitrogens with two attached hydrogens (primary N) is 1. The number of benzene rings is 5. The van der Waals surface area contributed by atoms with Gasteiger partial charge >= 0.3 is 12.2 Å². The number of hydrogen-bond donors (Lipinski definition) is 1. The Hall–Kier alpha value is -6.00. The molecule has 0 fully saturated rings. The molecule has 0 atom stereocenters. The fraction of sp³-hybridized carbons (Fsp3) is 0.418. The van der Waals surface area contributed by atoms with Crippen LogP contribution >= 0.6 is 0 Å². The van der Waals surface area contributed by atoms with E-state index in [1.807, 2.05) is 51.1 Å². The van der Waals surface area contributed by atoms with Crippen LogP contribution in [0.4, 0.5) is 15.3 Å².